The summed E-state index contributed by atoms with van der Waals surface area (Å²) in [5.74, 6) is -0.532. The number of anilines is 3. The third kappa shape index (κ3) is 5.96. The number of aromatic nitrogens is 2. The second-order valence-electron chi connectivity index (χ2n) is 9.13. The van der Waals surface area contributed by atoms with Crippen molar-refractivity contribution in [3.05, 3.63) is 78.0 Å². The van der Waals surface area contributed by atoms with Crippen LogP contribution in [0.4, 0.5) is 35.0 Å². The number of likely N-dealkylation sites (N-methyl/N-ethyl adjacent to an activating group) is 1. The van der Waals surface area contributed by atoms with Crippen LogP contribution in [0.25, 0.3) is 10.9 Å². The number of para-hydroxylation sites is 1. The van der Waals surface area contributed by atoms with Crippen molar-refractivity contribution in [1.29, 1.82) is 0 Å². The molecule has 5 rings (SSSR count). The minimum Gasteiger partial charge on any atom is -0.422 e. The van der Waals surface area contributed by atoms with Gasteiger partial charge in [-0.25, -0.2) is 9.59 Å². The summed E-state index contributed by atoms with van der Waals surface area (Å²) in [5.41, 5.74) is 0.329. The number of urea groups is 1. The molecule has 0 unspecified atom stereocenters. The molecule has 1 saturated heterocycles. The van der Waals surface area contributed by atoms with E-state index in [0.29, 0.717) is 37.1 Å². The number of carbonyl (C=O) groups excluding carboxylic acids is 2. The molecule has 39 heavy (non-hydrogen) atoms. The van der Waals surface area contributed by atoms with Crippen LogP contribution in [0.1, 0.15) is 16.1 Å². The average Bonchev–Trinajstić information content (AvgIpc) is 3.33. The number of esters is 1. The van der Waals surface area contributed by atoms with Crippen LogP contribution in [0.3, 0.4) is 0 Å². The van der Waals surface area contributed by atoms with Crippen LogP contribution in [0.2, 0.25) is 0 Å². The maximum atomic E-state index is 13.9. The first-order valence-corrected chi connectivity index (χ1v) is 12.2. The Morgan fingerprint density at radius 3 is 2.38 bits per heavy atom. The van der Waals surface area contributed by atoms with Crippen LogP contribution in [-0.4, -0.2) is 60.3 Å². The minimum absolute atomic E-state index is 0.00862. The van der Waals surface area contributed by atoms with Gasteiger partial charge in [0.1, 0.15) is 5.75 Å². The number of carbonyl (C=O) groups is 2. The van der Waals surface area contributed by atoms with E-state index < -0.39 is 23.7 Å². The summed E-state index contributed by atoms with van der Waals surface area (Å²) in [6.07, 6.45) is -4.59. The first-order chi connectivity index (χ1) is 18.7. The van der Waals surface area contributed by atoms with E-state index in [9.17, 15) is 22.8 Å². The third-order valence-electron chi connectivity index (χ3n) is 6.37. The van der Waals surface area contributed by atoms with Gasteiger partial charge in [-0.1, -0.05) is 24.3 Å². The van der Waals surface area contributed by atoms with Crippen molar-refractivity contribution in [1.82, 2.24) is 15.1 Å². The molecule has 3 aromatic carbocycles. The Morgan fingerprint density at radius 2 is 1.64 bits per heavy atom. The fourth-order valence-corrected chi connectivity index (χ4v) is 4.37. The Balaban J connectivity index is 1.26. The van der Waals surface area contributed by atoms with Gasteiger partial charge in [0, 0.05) is 54.7 Å². The minimum atomic E-state index is -4.59. The zero-order chi connectivity index (χ0) is 27.6. The summed E-state index contributed by atoms with van der Waals surface area (Å²) in [5, 5.41) is 12.4. The Hall–Kier alpha value is -4.58. The van der Waals surface area contributed by atoms with Crippen molar-refractivity contribution in [3.8, 4) is 5.75 Å². The number of hydrogen-bond acceptors (Lipinski definition) is 6. The van der Waals surface area contributed by atoms with Crippen LogP contribution in [-0.2, 0) is 6.18 Å². The lowest BCUT2D eigenvalue weighted by atomic mass is 10.1. The van der Waals surface area contributed by atoms with Gasteiger partial charge in [-0.3, -0.25) is 5.10 Å². The number of benzene rings is 3. The maximum Gasteiger partial charge on any atom is 0.418 e. The molecule has 2 amide bonds. The highest BCUT2D eigenvalue weighted by atomic mass is 19.4. The van der Waals surface area contributed by atoms with E-state index in [1.165, 1.54) is 24.3 Å². The predicted octanol–water partition coefficient (Wildman–Crippen LogP) is 5.20. The van der Waals surface area contributed by atoms with Crippen LogP contribution >= 0.6 is 0 Å². The summed E-state index contributed by atoms with van der Waals surface area (Å²) in [6, 6.07) is 16.2. The summed E-state index contributed by atoms with van der Waals surface area (Å²) < 4.78 is 47.0. The number of nitrogens with zero attached hydrogens (tertiary/aromatic N) is 3. The molecule has 0 atom stereocenters. The molecule has 12 heteroatoms. The number of amides is 2. The van der Waals surface area contributed by atoms with Gasteiger partial charge >= 0.3 is 18.2 Å². The van der Waals surface area contributed by atoms with Crippen LogP contribution in [0, 0.1) is 0 Å². The third-order valence-corrected chi connectivity index (χ3v) is 6.37. The molecule has 9 nitrogen and oxygen atoms in total. The second kappa shape index (κ2) is 10.7. The number of hydrogen-bond donors (Lipinski definition) is 3. The Bertz CT molecular complexity index is 1510. The van der Waals surface area contributed by atoms with Gasteiger partial charge in [0.25, 0.3) is 0 Å². The first-order valence-electron chi connectivity index (χ1n) is 12.2. The summed E-state index contributed by atoms with van der Waals surface area (Å²) in [6.45, 7) is 2.27. The van der Waals surface area contributed by atoms with E-state index in [1.807, 2.05) is 13.1 Å². The average molecular weight is 539 g/mol. The van der Waals surface area contributed by atoms with Gasteiger partial charge in [-0.2, -0.15) is 18.3 Å². The lowest BCUT2D eigenvalue weighted by molar-refractivity contribution is -0.137. The Kier molecular flexibility index (Phi) is 7.11. The predicted molar refractivity (Wildman–Crippen MR) is 141 cm³/mol. The standard InChI is InChI=1S/C27H25F3N6O3/c1-35-11-13-36(14-12-35)23-10-9-18(16-21(23)27(28,29)30)32-26(38)31-17-5-4-6-19(15-17)39-25(37)24-20-7-2-3-8-22(20)33-34-24/h2-10,15-16H,11-14H2,1H3,(H,33,34)(H2,31,32,38). The first kappa shape index (κ1) is 26.0. The number of rotatable bonds is 5. The number of aromatic amines is 1. The number of fused-ring (bicyclic) bond motifs is 1. The molecule has 4 aromatic rings. The van der Waals surface area contributed by atoms with Crippen molar-refractivity contribution in [2.24, 2.45) is 0 Å². The number of piperazine rings is 1. The second-order valence-corrected chi connectivity index (χ2v) is 9.13. The molecule has 0 aliphatic carbocycles. The van der Waals surface area contributed by atoms with Crippen molar-refractivity contribution in [2.45, 2.75) is 6.18 Å². The Morgan fingerprint density at radius 1 is 0.923 bits per heavy atom. The van der Waals surface area contributed by atoms with Crippen LogP contribution in [0.5, 0.6) is 5.75 Å². The molecule has 1 aliphatic rings. The Labute approximate surface area is 221 Å². The molecule has 1 aromatic heterocycles. The van der Waals surface area contributed by atoms with E-state index in [2.05, 4.69) is 25.7 Å². The highest BCUT2D eigenvalue weighted by Crippen LogP contribution is 2.38. The summed E-state index contributed by atoms with van der Waals surface area (Å²) in [4.78, 5) is 29.0. The quantitative estimate of drug-likeness (QED) is 0.239. The number of H-pyrrole nitrogens is 1. The van der Waals surface area contributed by atoms with Crippen LogP contribution in [0.15, 0.2) is 66.7 Å². The van der Waals surface area contributed by atoms with Crippen LogP contribution < -0.4 is 20.3 Å². The summed E-state index contributed by atoms with van der Waals surface area (Å²) in [7, 11) is 1.92. The highest BCUT2D eigenvalue weighted by Gasteiger charge is 2.36. The largest absolute Gasteiger partial charge is 0.422 e. The number of nitrogens with one attached hydrogen (secondary N) is 3. The number of alkyl halides is 3. The molecule has 2 heterocycles. The van der Waals surface area contributed by atoms with Crippen molar-refractivity contribution < 1.29 is 27.5 Å². The van der Waals surface area contributed by atoms with Crippen molar-refractivity contribution in [2.75, 3.05) is 48.8 Å². The SMILES string of the molecule is CN1CCN(c2ccc(NC(=O)Nc3cccc(OC(=O)c4n[nH]c5ccccc45)c3)cc2C(F)(F)F)CC1. The fourth-order valence-electron chi connectivity index (χ4n) is 4.37. The van der Waals surface area contributed by atoms with E-state index in [0.717, 1.165) is 6.07 Å². The van der Waals surface area contributed by atoms with Gasteiger partial charge in [0.2, 0.25) is 0 Å². The van der Waals surface area contributed by atoms with Gasteiger partial charge in [0.05, 0.1) is 11.1 Å². The molecule has 1 fully saturated rings. The van der Waals surface area contributed by atoms with Gasteiger partial charge in [-0.15, -0.1) is 0 Å². The smallest absolute Gasteiger partial charge is 0.418 e. The molecular weight excluding hydrogens is 513 g/mol. The fraction of sp³-hybridized carbons (Fsp3) is 0.222. The maximum absolute atomic E-state index is 13.9. The molecular formula is C27H25F3N6O3. The lowest BCUT2D eigenvalue weighted by Crippen LogP contribution is -2.45. The summed E-state index contributed by atoms with van der Waals surface area (Å²) >= 11 is 0. The van der Waals surface area contributed by atoms with Crippen molar-refractivity contribution in [3.63, 3.8) is 0 Å². The van der Waals surface area contributed by atoms with Gasteiger partial charge in [-0.05, 0) is 43.4 Å². The molecule has 1 aliphatic heterocycles. The van der Waals surface area contributed by atoms with Crippen molar-refractivity contribution >= 4 is 40.0 Å². The topological polar surface area (TPSA) is 103 Å². The lowest BCUT2D eigenvalue weighted by Gasteiger charge is -2.35. The molecule has 0 bridgehead atoms. The van der Waals surface area contributed by atoms with E-state index in [-0.39, 0.29) is 28.5 Å². The molecule has 3 N–H and O–H groups in total. The van der Waals surface area contributed by atoms with Gasteiger partial charge < -0.3 is 25.2 Å². The normalized spacial score (nSPS) is 14.3. The molecule has 0 spiro atoms. The monoisotopic (exact) mass is 538 g/mol. The highest BCUT2D eigenvalue weighted by molar-refractivity contribution is 6.03. The van der Waals surface area contributed by atoms with E-state index in [4.69, 9.17) is 4.74 Å². The zero-order valence-electron chi connectivity index (χ0n) is 20.9. The van der Waals surface area contributed by atoms with Gasteiger partial charge in [0.15, 0.2) is 5.69 Å². The molecule has 0 saturated carbocycles. The number of ether oxygens (including phenoxy) is 1. The van der Waals surface area contributed by atoms with E-state index in [1.54, 1.807) is 35.2 Å². The zero-order valence-corrected chi connectivity index (χ0v) is 20.9. The van der Waals surface area contributed by atoms with E-state index >= 15 is 0 Å². The molecule has 0 radical (unpaired) electrons. The number of halogens is 3. The molecule has 202 valence electrons.